The second kappa shape index (κ2) is 10.9. The van der Waals surface area contributed by atoms with E-state index in [1.165, 1.54) is 52.4 Å². The quantitative estimate of drug-likeness (QED) is 0.678. The third-order valence-corrected chi connectivity index (χ3v) is 7.72. The minimum absolute atomic E-state index is 0.595. The first-order chi connectivity index (χ1) is 7.39. The molecule has 0 saturated carbocycles. The summed E-state index contributed by atoms with van der Waals surface area (Å²) in [6.07, 6.45) is 1.39. The Morgan fingerprint density at radius 2 is 1.13 bits per heavy atom. The molecule has 15 heavy (non-hydrogen) atoms. The SMILES string of the molecule is SC1CSCCSCCCSCCSC1. The van der Waals surface area contributed by atoms with E-state index in [0.29, 0.717) is 5.25 Å². The molecule has 0 amide bonds. The summed E-state index contributed by atoms with van der Waals surface area (Å²) in [5.41, 5.74) is 0. The van der Waals surface area contributed by atoms with Crippen LogP contribution < -0.4 is 0 Å². The summed E-state index contributed by atoms with van der Waals surface area (Å²) < 4.78 is 0. The second-order valence-corrected chi connectivity index (χ2v) is 8.86. The summed E-state index contributed by atoms with van der Waals surface area (Å²) >= 11 is 13.0. The van der Waals surface area contributed by atoms with E-state index in [1.807, 2.05) is 0 Å². The van der Waals surface area contributed by atoms with Crippen LogP contribution in [0.25, 0.3) is 0 Å². The van der Waals surface area contributed by atoms with Crippen molar-refractivity contribution in [3.05, 3.63) is 0 Å². The van der Waals surface area contributed by atoms with Gasteiger partial charge in [0, 0.05) is 39.8 Å². The van der Waals surface area contributed by atoms with Crippen LogP contribution in [0.2, 0.25) is 0 Å². The Labute approximate surface area is 117 Å². The van der Waals surface area contributed by atoms with Gasteiger partial charge in [-0.05, 0) is 17.9 Å². The Morgan fingerprint density at radius 3 is 1.67 bits per heavy atom. The molecule has 1 heterocycles. The second-order valence-electron chi connectivity index (χ2n) is 3.38. The van der Waals surface area contributed by atoms with E-state index >= 15 is 0 Å². The van der Waals surface area contributed by atoms with Gasteiger partial charge in [-0.15, -0.1) is 0 Å². The van der Waals surface area contributed by atoms with Crippen LogP contribution in [-0.4, -0.2) is 51.3 Å². The van der Waals surface area contributed by atoms with Crippen LogP contribution in [0.15, 0.2) is 0 Å². The minimum atomic E-state index is 0.595. The summed E-state index contributed by atoms with van der Waals surface area (Å²) in [5, 5.41) is 0.595. The number of hydrogen-bond acceptors (Lipinski definition) is 5. The van der Waals surface area contributed by atoms with Gasteiger partial charge in [0.05, 0.1) is 0 Å². The summed E-state index contributed by atoms with van der Waals surface area (Å²) in [5.74, 6) is 10.4. The van der Waals surface area contributed by atoms with Gasteiger partial charge in [-0.1, -0.05) is 0 Å². The van der Waals surface area contributed by atoms with Crippen LogP contribution in [-0.2, 0) is 0 Å². The van der Waals surface area contributed by atoms with Gasteiger partial charge in [-0.25, -0.2) is 0 Å². The Bertz CT molecular complexity index is 128. The van der Waals surface area contributed by atoms with Crippen molar-refractivity contribution in [2.75, 3.05) is 46.0 Å². The lowest BCUT2D eigenvalue weighted by molar-refractivity contribution is 1.12. The molecule has 0 spiro atoms. The van der Waals surface area contributed by atoms with E-state index in [1.54, 1.807) is 0 Å². The van der Waals surface area contributed by atoms with E-state index in [-0.39, 0.29) is 0 Å². The summed E-state index contributed by atoms with van der Waals surface area (Å²) in [6.45, 7) is 0. The molecule has 0 bridgehead atoms. The van der Waals surface area contributed by atoms with Gasteiger partial charge in [0.1, 0.15) is 0 Å². The third-order valence-electron chi connectivity index (χ3n) is 1.94. The number of thiol groups is 1. The fraction of sp³-hybridized carbons (Fsp3) is 1.00. The van der Waals surface area contributed by atoms with Crippen molar-refractivity contribution < 1.29 is 0 Å². The molecule has 0 unspecified atom stereocenters. The largest absolute Gasteiger partial charge is 0.174 e. The van der Waals surface area contributed by atoms with E-state index in [0.717, 1.165) is 0 Å². The van der Waals surface area contributed by atoms with E-state index in [4.69, 9.17) is 0 Å². The lowest BCUT2D eigenvalue weighted by atomic mass is 10.5. The number of hydrogen-bond donors (Lipinski definition) is 1. The molecule has 1 rings (SSSR count). The van der Waals surface area contributed by atoms with Crippen molar-refractivity contribution in [3.8, 4) is 0 Å². The zero-order valence-corrected chi connectivity index (χ0v) is 13.2. The Hall–Kier alpha value is 1.75. The molecule has 0 aromatic heterocycles. The monoisotopic (exact) mass is 300 g/mol. The van der Waals surface area contributed by atoms with Crippen molar-refractivity contribution in [1.82, 2.24) is 0 Å². The highest BCUT2D eigenvalue weighted by Gasteiger charge is 2.04. The van der Waals surface area contributed by atoms with Crippen LogP contribution in [0, 0.1) is 0 Å². The average Bonchev–Trinajstić information content (AvgIpc) is 2.24. The smallest absolute Gasteiger partial charge is 0.0198 e. The van der Waals surface area contributed by atoms with Gasteiger partial charge in [-0.2, -0.15) is 59.7 Å². The molecule has 1 saturated heterocycles. The maximum absolute atomic E-state index is 4.62. The molecule has 0 atom stereocenters. The highest BCUT2D eigenvalue weighted by atomic mass is 32.2. The van der Waals surface area contributed by atoms with Crippen LogP contribution >= 0.6 is 59.7 Å². The first kappa shape index (κ1) is 14.8. The van der Waals surface area contributed by atoms with Crippen molar-refractivity contribution in [1.29, 1.82) is 0 Å². The first-order valence-corrected chi connectivity index (χ1v) is 10.5. The van der Waals surface area contributed by atoms with E-state index < -0.39 is 0 Å². The Balaban J connectivity index is 2.10. The normalized spacial score (nSPS) is 24.6. The van der Waals surface area contributed by atoms with Crippen LogP contribution in [0.5, 0.6) is 0 Å². The van der Waals surface area contributed by atoms with Crippen LogP contribution in [0.3, 0.4) is 0 Å². The zero-order chi connectivity index (χ0) is 10.8. The fourth-order valence-corrected chi connectivity index (χ4v) is 6.26. The summed E-state index contributed by atoms with van der Waals surface area (Å²) in [4.78, 5) is 0. The predicted molar refractivity (Wildman–Crippen MR) is 86.7 cm³/mol. The van der Waals surface area contributed by atoms with E-state index in [9.17, 15) is 0 Å². The van der Waals surface area contributed by atoms with Crippen molar-refractivity contribution in [2.24, 2.45) is 0 Å². The highest BCUT2D eigenvalue weighted by molar-refractivity contribution is 8.04. The van der Waals surface area contributed by atoms with Gasteiger partial charge < -0.3 is 0 Å². The number of thioether (sulfide) groups is 4. The lowest BCUT2D eigenvalue weighted by Crippen LogP contribution is -2.08. The highest BCUT2D eigenvalue weighted by Crippen LogP contribution is 2.18. The molecular formula is C10H20S5. The van der Waals surface area contributed by atoms with Crippen molar-refractivity contribution in [2.45, 2.75) is 11.7 Å². The van der Waals surface area contributed by atoms with Gasteiger partial charge in [0.25, 0.3) is 0 Å². The van der Waals surface area contributed by atoms with Crippen LogP contribution in [0.1, 0.15) is 6.42 Å². The summed E-state index contributed by atoms with van der Waals surface area (Å²) in [7, 11) is 0. The van der Waals surface area contributed by atoms with Gasteiger partial charge >= 0.3 is 0 Å². The van der Waals surface area contributed by atoms with E-state index in [2.05, 4.69) is 59.7 Å². The fourth-order valence-electron chi connectivity index (χ4n) is 1.19. The average molecular weight is 301 g/mol. The molecule has 0 N–H and O–H groups in total. The topological polar surface area (TPSA) is 0 Å². The third kappa shape index (κ3) is 9.45. The molecule has 0 radical (unpaired) electrons. The van der Waals surface area contributed by atoms with Gasteiger partial charge in [0.15, 0.2) is 0 Å². The molecule has 0 nitrogen and oxygen atoms in total. The maximum atomic E-state index is 4.62. The first-order valence-electron chi connectivity index (χ1n) is 5.38. The molecule has 90 valence electrons. The maximum Gasteiger partial charge on any atom is 0.0198 e. The molecule has 0 aromatic rings. The van der Waals surface area contributed by atoms with Crippen LogP contribution in [0.4, 0.5) is 0 Å². The van der Waals surface area contributed by atoms with Gasteiger partial charge in [0.2, 0.25) is 0 Å². The molecule has 0 aliphatic carbocycles. The molecule has 1 aliphatic heterocycles. The molecule has 5 heteroatoms. The van der Waals surface area contributed by atoms with Crippen molar-refractivity contribution >= 4 is 59.7 Å². The molecule has 1 fully saturated rings. The molecule has 0 aromatic carbocycles. The Morgan fingerprint density at radius 1 is 0.667 bits per heavy atom. The van der Waals surface area contributed by atoms with Crippen molar-refractivity contribution in [3.63, 3.8) is 0 Å². The Kier molecular flexibility index (Phi) is 10.7. The van der Waals surface area contributed by atoms with Gasteiger partial charge in [-0.3, -0.25) is 0 Å². The minimum Gasteiger partial charge on any atom is -0.174 e. The lowest BCUT2D eigenvalue weighted by Gasteiger charge is -2.11. The predicted octanol–water partition coefficient (Wildman–Crippen LogP) is 3.62. The summed E-state index contributed by atoms with van der Waals surface area (Å²) in [6, 6.07) is 0. The number of rotatable bonds is 0. The molecule has 1 aliphatic rings. The zero-order valence-electron chi connectivity index (χ0n) is 9.02. The standard InChI is InChI=1S/C10H20S5/c11-10-8-14-6-4-12-2-1-3-13-5-7-15-9-10/h10-11H,1-9H2. The molecular weight excluding hydrogens is 280 g/mol.